The number of aryl methyl sites for hydroxylation is 3. The SMILES string of the molecule is COC(=O)[C@@H](C)n1nc(-c2cc(C)c(C)cc2C)ccc1=O. The Morgan fingerprint density at radius 1 is 1.14 bits per heavy atom. The summed E-state index contributed by atoms with van der Waals surface area (Å²) in [5.41, 5.74) is 4.72. The topological polar surface area (TPSA) is 61.2 Å². The molecule has 0 radical (unpaired) electrons. The summed E-state index contributed by atoms with van der Waals surface area (Å²) in [7, 11) is 1.29. The Bertz CT molecular complexity index is 778. The van der Waals surface area contributed by atoms with Crippen LogP contribution in [0.25, 0.3) is 11.3 Å². The fraction of sp³-hybridized carbons (Fsp3) is 0.353. The van der Waals surface area contributed by atoms with Gasteiger partial charge in [0.2, 0.25) is 0 Å². The summed E-state index contributed by atoms with van der Waals surface area (Å²) in [5.74, 6) is -0.497. The minimum atomic E-state index is -0.760. The summed E-state index contributed by atoms with van der Waals surface area (Å²) in [6, 6.07) is 6.48. The highest BCUT2D eigenvalue weighted by Crippen LogP contribution is 2.24. The van der Waals surface area contributed by atoms with Crippen LogP contribution in [0.2, 0.25) is 0 Å². The van der Waals surface area contributed by atoms with E-state index in [1.165, 1.54) is 18.7 Å². The number of hydrogen-bond donors (Lipinski definition) is 0. The van der Waals surface area contributed by atoms with Gasteiger partial charge >= 0.3 is 5.97 Å². The van der Waals surface area contributed by atoms with Crippen molar-refractivity contribution in [1.82, 2.24) is 9.78 Å². The molecule has 5 nitrogen and oxygen atoms in total. The smallest absolute Gasteiger partial charge is 0.330 e. The summed E-state index contributed by atoms with van der Waals surface area (Å²) in [6.45, 7) is 7.69. The molecule has 2 aromatic rings. The molecular formula is C17H20N2O3. The average molecular weight is 300 g/mol. The van der Waals surface area contributed by atoms with Crippen molar-refractivity contribution in [3.63, 3.8) is 0 Å². The Labute approximate surface area is 129 Å². The van der Waals surface area contributed by atoms with Gasteiger partial charge in [0.25, 0.3) is 5.56 Å². The van der Waals surface area contributed by atoms with Crippen LogP contribution in [0.3, 0.4) is 0 Å². The molecule has 0 aliphatic heterocycles. The van der Waals surface area contributed by atoms with Crippen molar-refractivity contribution in [3.05, 3.63) is 51.3 Å². The summed E-state index contributed by atoms with van der Waals surface area (Å²) >= 11 is 0. The van der Waals surface area contributed by atoms with E-state index in [9.17, 15) is 9.59 Å². The molecule has 1 heterocycles. The highest BCUT2D eigenvalue weighted by atomic mass is 16.5. The molecule has 0 aliphatic carbocycles. The molecule has 0 spiro atoms. The molecule has 0 bridgehead atoms. The van der Waals surface area contributed by atoms with Gasteiger partial charge in [-0.05, 0) is 56.5 Å². The predicted molar refractivity (Wildman–Crippen MR) is 84.9 cm³/mol. The van der Waals surface area contributed by atoms with Crippen molar-refractivity contribution in [2.45, 2.75) is 33.7 Å². The third kappa shape index (κ3) is 2.93. The van der Waals surface area contributed by atoms with Crippen LogP contribution in [-0.2, 0) is 9.53 Å². The van der Waals surface area contributed by atoms with Gasteiger partial charge in [-0.3, -0.25) is 4.79 Å². The van der Waals surface area contributed by atoms with Crippen LogP contribution in [0.1, 0.15) is 29.7 Å². The van der Waals surface area contributed by atoms with Gasteiger partial charge in [0.15, 0.2) is 6.04 Å². The van der Waals surface area contributed by atoms with E-state index in [1.54, 1.807) is 13.0 Å². The van der Waals surface area contributed by atoms with Gasteiger partial charge in [-0.1, -0.05) is 6.07 Å². The highest BCUT2D eigenvalue weighted by molar-refractivity contribution is 5.73. The molecule has 0 saturated heterocycles. The third-order valence-corrected chi connectivity index (χ3v) is 3.85. The third-order valence-electron chi connectivity index (χ3n) is 3.85. The number of ether oxygens (including phenoxy) is 1. The summed E-state index contributed by atoms with van der Waals surface area (Å²) in [4.78, 5) is 23.6. The first kappa shape index (κ1) is 15.9. The van der Waals surface area contributed by atoms with E-state index in [-0.39, 0.29) is 5.56 Å². The second kappa shape index (κ2) is 6.13. The number of rotatable bonds is 3. The highest BCUT2D eigenvalue weighted by Gasteiger charge is 2.18. The lowest BCUT2D eigenvalue weighted by molar-refractivity contribution is -0.144. The fourth-order valence-corrected chi connectivity index (χ4v) is 2.35. The number of methoxy groups -OCH3 is 1. The molecule has 0 aliphatic rings. The van der Waals surface area contributed by atoms with E-state index in [0.717, 1.165) is 21.4 Å². The number of benzene rings is 1. The van der Waals surface area contributed by atoms with Crippen molar-refractivity contribution in [2.24, 2.45) is 0 Å². The lowest BCUT2D eigenvalue weighted by atomic mass is 9.99. The molecule has 0 amide bonds. The normalized spacial score (nSPS) is 12.0. The molecule has 0 unspecified atom stereocenters. The zero-order valence-electron chi connectivity index (χ0n) is 13.5. The van der Waals surface area contributed by atoms with Gasteiger partial charge in [0, 0.05) is 11.6 Å². The van der Waals surface area contributed by atoms with Crippen LogP contribution in [-0.4, -0.2) is 22.9 Å². The quantitative estimate of drug-likeness (QED) is 0.817. The Kier molecular flexibility index (Phi) is 4.45. The fourth-order valence-electron chi connectivity index (χ4n) is 2.35. The first-order valence-electron chi connectivity index (χ1n) is 7.11. The first-order chi connectivity index (χ1) is 10.3. The van der Waals surface area contributed by atoms with E-state index in [4.69, 9.17) is 0 Å². The minimum absolute atomic E-state index is 0.330. The van der Waals surface area contributed by atoms with E-state index < -0.39 is 12.0 Å². The van der Waals surface area contributed by atoms with Gasteiger partial charge in [0.05, 0.1) is 12.8 Å². The molecule has 0 saturated carbocycles. The Morgan fingerprint density at radius 2 is 1.77 bits per heavy atom. The Morgan fingerprint density at radius 3 is 2.41 bits per heavy atom. The van der Waals surface area contributed by atoms with Crippen molar-refractivity contribution in [3.8, 4) is 11.3 Å². The van der Waals surface area contributed by atoms with Crippen molar-refractivity contribution < 1.29 is 9.53 Å². The number of nitrogens with zero attached hydrogens (tertiary/aromatic N) is 2. The van der Waals surface area contributed by atoms with E-state index in [1.807, 2.05) is 19.9 Å². The number of hydrogen-bond acceptors (Lipinski definition) is 4. The second-order valence-electron chi connectivity index (χ2n) is 5.45. The van der Waals surface area contributed by atoms with Gasteiger partial charge in [-0.2, -0.15) is 5.10 Å². The molecule has 1 atom stereocenters. The standard InChI is InChI=1S/C17H20N2O3/c1-10-8-12(3)14(9-11(10)2)15-6-7-16(20)19(18-15)13(4)17(21)22-5/h6-9,13H,1-5H3/t13-/m1/s1. The van der Waals surface area contributed by atoms with Crippen LogP contribution >= 0.6 is 0 Å². The summed E-state index contributed by atoms with van der Waals surface area (Å²) < 4.78 is 5.85. The van der Waals surface area contributed by atoms with E-state index in [2.05, 4.69) is 22.8 Å². The monoisotopic (exact) mass is 300 g/mol. The lowest BCUT2D eigenvalue weighted by Gasteiger charge is -2.14. The minimum Gasteiger partial charge on any atom is -0.467 e. The average Bonchev–Trinajstić information content (AvgIpc) is 2.50. The molecule has 22 heavy (non-hydrogen) atoms. The van der Waals surface area contributed by atoms with Gasteiger partial charge in [-0.15, -0.1) is 0 Å². The van der Waals surface area contributed by atoms with E-state index in [0.29, 0.717) is 5.69 Å². The molecular weight excluding hydrogens is 280 g/mol. The zero-order chi connectivity index (χ0) is 16.4. The molecule has 0 fully saturated rings. The molecule has 5 heteroatoms. The second-order valence-corrected chi connectivity index (χ2v) is 5.45. The van der Waals surface area contributed by atoms with E-state index >= 15 is 0 Å². The first-order valence-corrected chi connectivity index (χ1v) is 7.11. The van der Waals surface area contributed by atoms with Crippen LogP contribution in [0.15, 0.2) is 29.1 Å². The zero-order valence-corrected chi connectivity index (χ0v) is 13.5. The Hall–Kier alpha value is -2.43. The van der Waals surface area contributed by atoms with Crippen molar-refractivity contribution >= 4 is 5.97 Å². The van der Waals surface area contributed by atoms with Gasteiger partial charge in [0.1, 0.15) is 0 Å². The van der Waals surface area contributed by atoms with Crippen molar-refractivity contribution in [1.29, 1.82) is 0 Å². The predicted octanol–water partition coefficient (Wildman–Crippen LogP) is 2.57. The maximum Gasteiger partial charge on any atom is 0.330 e. The lowest BCUT2D eigenvalue weighted by Crippen LogP contribution is -2.30. The maximum atomic E-state index is 12.0. The van der Waals surface area contributed by atoms with Gasteiger partial charge in [-0.25, -0.2) is 9.48 Å². The van der Waals surface area contributed by atoms with Crippen molar-refractivity contribution in [2.75, 3.05) is 7.11 Å². The number of aromatic nitrogens is 2. The summed E-state index contributed by atoms with van der Waals surface area (Å²) in [5, 5.41) is 4.35. The molecule has 0 N–H and O–H groups in total. The number of carbonyl (C=O) groups is 1. The largest absolute Gasteiger partial charge is 0.467 e. The molecule has 2 rings (SSSR count). The maximum absolute atomic E-state index is 12.0. The summed E-state index contributed by atoms with van der Waals surface area (Å²) in [6.07, 6.45) is 0. The molecule has 116 valence electrons. The molecule has 1 aromatic heterocycles. The molecule has 1 aromatic carbocycles. The van der Waals surface area contributed by atoms with Crippen LogP contribution in [0.5, 0.6) is 0 Å². The van der Waals surface area contributed by atoms with Gasteiger partial charge < -0.3 is 4.74 Å². The van der Waals surface area contributed by atoms with Crippen LogP contribution in [0.4, 0.5) is 0 Å². The Balaban J connectivity index is 2.57. The van der Waals surface area contributed by atoms with Crippen LogP contribution < -0.4 is 5.56 Å². The van der Waals surface area contributed by atoms with Crippen LogP contribution in [0, 0.1) is 20.8 Å². The number of esters is 1. The number of carbonyl (C=O) groups excluding carboxylic acids is 1.